The second-order valence-corrected chi connectivity index (χ2v) is 24.1. The number of aromatic nitrogens is 2. The van der Waals surface area contributed by atoms with E-state index in [1.807, 2.05) is 0 Å². The van der Waals surface area contributed by atoms with Crippen LogP contribution in [0.5, 0.6) is 0 Å². The van der Waals surface area contributed by atoms with E-state index >= 15 is 0 Å². The second-order valence-electron chi connectivity index (χ2n) is 20.2. The Labute approximate surface area is 439 Å². The lowest BCUT2D eigenvalue weighted by Crippen LogP contribution is -2.68. The van der Waals surface area contributed by atoms with Gasteiger partial charge in [-0.3, -0.25) is 0 Å². The molecule has 0 saturated heterocycles. The summed E-state index contributed by atoms with van der Waals surface area (Å²) in [5, 5.41) is 10.8. The predicted octanol–water partition coefficient (Wildman–Crippen LogP) is 16.9. The van der Waals surface area contributed by atoms with E-state index in [1.165, 1.54) is 109 Å². The fourth-order valence-corrected chi connectivity index (χ4v) is 17.5. The van der Waals surface area contributed by atoms with E-state index in [0.717, 1.165) is 31.4 Å². The van der Waals surface area contributed by atoms with Crippen molar-refractivity contribution in [3.05, 3.63) is 290 Å². The Balaban J connectivity index is 0.778. The van der Waals surface area contributed by atoms with Crippen molar-refractivity contribution in [3.63, 3.8) is 0 Å². The molecule has 0 bridgehead atoms. The monoisotopic (exact) mass is 974 g/mol. The summed E-state index contributed by atoms with van der Waals surface area (Å²) in [6, 6.07) is 91.1. The standard InChI is InChI=1S/C72H54N2Si/c1-5-18-51(19-6-1)52-36-42-59(43-37-52)73-69-30-15-13-28-65(69)67-49-57(40-46-71(67)73)53-32-34-54(35-33-53)58-41-47-72-68(50-58)66-29-14-16-31-70(66)74(72)60-44-38-55(39-45-60)56-20-17-27-64(48-56)75(61-21-7-2-8-22-61,62-23-9-3-10-24-62)63-25-11-4-12-26-63/h1-5,7-11,13-18,20-25,27-50H,6,12,19,26H2. The molecule has 14 rings (SSSR count). The fraction of sp³-hybridized carbons (Fsp3) is 0.0556. The molecule has 2 aromatic heterocycles. The molecule has 3 heteroatoms. The summed E-state index contributed by atoms with van der Waals surface area (Å²) in [7, 11) is -2.58. The van der Waals surface area contributed by atoms with Gasteiger partial charge < -0.3 is 9.13 Å². The van der Waals surface area contributed by atoms with E-state index in [2.05, 4.69) is 288 Å². The zero-order valence-corrected chi connectivity index (χ0v) is 42.8. The highest BCUT2D eigenvalue weighted by Gasteiger charge is 2.43. The van der Waals surface area contributed by atoms with Crippen molar-refractivity contribution in [2.75, 3.05) is 0 Å². The zero-order valence-electron chi connectivity index (χ0n) is 41.8. The molecule has 0 unspecified atom stereocenters. The third-order valence-corrected chi connectivity index (χ3v) is 21.0. The maximum absolute atomic E-state index is 2.58. The molecular formula is C72H54N2Si. The van der Waals surface area contributed by atoms with Gasteiger partial charge in [-0.15, -0.1) is 0 Å². The van der Waals surface area contributed by atoms with Crippen LogP contribution in [0.1, 0.15) is 31.2 Å². The van der Waals surface area contributed by atoms with Gasteiger partial charge in [0.1, 0.15) is 0 Å². The highest BCUT2D eigenvalue weighted by Crippen LogP contribution is 2.39. The Kier molecular flexibility index (Phi) is 11.2. The summed E-state index contributed by atoms with van der Waals surface area (Å²) < 4.78 is 4.84. The van der Waals surface area contributed by atoms with Crippen LogP contribution in [0.4, 0.5) is 0 Å². The summed E-state index contributed by atoms with van der Waals surface area (Å²) in [5.41, 5.74) is 17.2. The summed E-state index contributed by atoms with van der Waals surface area (Å²) in [4.78, 5) is 0. The first-order valence-electron chi connectivity index (χ1n) is 26.5. The van der Waals surface area contributed by atoms with Crippen molar-refractivity contribution in [2.45, 2.75) is 25.7 Å². The van der Waals surface area contributed by atoms with Gasteiger partial charge in [-0.05, 0) is 146 Å². The third kappa shape index (κ3) is 7.70. The molecule has 2 aliphatic carbocycles. The molecule has 0 amide bonds. The molecule has 0 fully saturated rings. The van der Waals surface area contributed by atoms with Crippen molar-refractivity contribution in [1.29, 1.82) is 0 Å². The van der Waals surface area contributed by atoms with Gasteiger partial charge in [-0.2, -0.15) is 0 Å². The smallest absolute Gasteiger partial charge is 0.175 e. The molecule has 0 aliphatic heterocycles. The topological polar surface area (TPSA) is 9.86 Å². The molecule has 0 N–H and O–H groups in total. The van der Waals surface area contributed by atoms with Gasteiger partial charge in [-0.25, -0.2) is 0 Å². The Morgan fingerprint density at radius 3 is 1.23 bits per heavy atom. The lowest BCUT2D eigenvalue weighted by Gasteiger charge is -2.37. The van der Waals surface area contributed by atoms with Gasteiger partial charge in [0.15, 0.2) is 8.07 Å². The number of rotatable bonds is 10. The number of benzene rings is 10. The number of hydrogen-bond acceptors (Lipinski definition) is 0. The number of allylic oxidation sites excluding steroid dienone is 8. The molecule has 0 saturated carbocycles. The minimum Gasteiger partial charge on any atom is -0.309 e. The van der Waals surface area contributed by atoms with Gasteiger partial charge in [-0.1, -0.05) is 224 Å². The molecule has 12 aromatic rings. The molecule has 75 heavy (non-hydrogen) atoms. The number of nitrogens with zero attached hydrogens (tertiary/aromatic N) is 2. The molecule has 2 heterocycles. The van der Waals surface area contributed by atoms with Gasteiger partial charge in [0.05, 0.1) is 22.1 Å². The Hall–Kier alpha value is -9.02. The predicted molar refractivity (Wildman–Crippen MR) is 322 cm³/mol. The normalized spacial score (nSPS) is 13.7. The molecule has 2 nitrogen and oxygen atoms in total. The molecule has 356 valence electrons. The SMILES string of the molecule is C1=CCCC(c2ccc(-n3c4ccccc4c4cc(-c5ccc(-c6ccc7c(c6)c6ccccc6n7-c6ccc(-c7cccc([Si](C8=CC=CCC8)(c8ccccc8)c8ccccc8)c7)cc6)cc5)ccc43)cc2)=C1. The minimum atomic E-state index is -2.58. The molecular weight excluding hydrogens is 921 g/mol. The number of hydrogen-bond donors (Lipinski definition) is 0. The first-order valence-corrected chi connectivity index (χ1v) is 28.5. The summed E-state index contributed by atoms with van der Waals surface area (Å²) in [5.74, 6) is 0. The molecule has 0 spiro atoms. The number of para-hydroxylation sites is 2. The van der Waals surface area contributed by atoms with Gasteiger partial charge in [0.2, 0.25) is 0 Å². The van der Waals surface area contributed by atoms with Crippen LogP contribution in [0.2, 0.25) is 0 Å². The van der Waals surface area contributed by atoms with E-state index in [-0.39, 0.29) is 0 Å². The van der Waals surface area contributed by atoms with Crippen LogP contribution < -0.4 is 15.6 Å². The minimum absolute atomic E-state index is 1.07. The van der Waals surface area contributed by atoms with E-state index in [1.54, 1.807) is 5.20 Å². The van der Waals surface area contributed by atoms with Crippen molar-refractivity contribution in [1.82, 2.24) is 9.13 Å². The summed E-state index contributed by atoms with van der Waals surface area (Å²) >= 11 is 0. The van der Waals surface area contributed by atoms with Gasteiger partial charge in [0.25, 0.3) is 0 Å². The van der Waals surface area contributed by atoms with E-state index < -0.39 is 8.07 Å². The molecule has 0 atom stereocenters. The van der Waals surface area contributed by atoms with E-state index in [0.29, 0.717) is 0 Å². The maximum atomic E-state index is 2.49. The maximum Gasteiger partial charge on any atom is 0.175 e. The molecule has 0 radical (unpaired) electrons. The third-order valence-electron chi connectivity index (χ3n) is 16.1. The Morgan fingerprint density at radius 2 is 0.720 bits per heavy atom. The van der Waals surface area contributed by atoms with Crippen molar-refractivity contribution in [2.24, 2.45) is 0 Å². The van der Waals surface area contributed by atoms with Crippen LogP contribution in [0, 0.1) is 0 Å². The van der Waals surface area contributed by atoms with E-state index in [4.69, 9.17) is 0 Å². The van der Waals surface area contributed by atoms with Crippen LogP contribution in [0.3, 0.4) is 0 Å². The van der Waals surface area contributed by atoms with Crippen LogP contribution >= 0.6 is 0 Å². The van der Waals surface area contributed by atoms with Crippen molar-refractivity contribution >= 4 is 72.8 Å². The average Bonchev–Trinajstić information content (AvgIpc) is 4.01. The number of fused-ring (bicyclic) bond motifs is 6. The Bertz CT molecular complexity index is 4200. The highest BCUT2D eigenvalue weighted by atomic mass is 28.3. The highest BCUT2D eigenvalue weighted by molar-refractivity contribution is 7.16. The molecule has 10 aromatic carbocycles. The molecule has 2 aliphatic rings. The summed E-state index contributed by atoms with van der Waals surface area (Å²) in [6.07, 6.45) is 18.0. The Morgan fingerprint density at radius 1 is 0.293 bits per heavy atom. The lowest BCUT2D eigenvalue weighted by molar-refractivity contribution is 1.01. The second kappa shape index (κ2) is 18.8. The fourth-order valence-electron chi connectivity index (χ4n) is 12.5. The van der Waals surface area contributed by atoms with Crippen LogP contribution in [-0.4, -0.2) is 17.2 Å². The summed E-state index contributed by atoms with van der Waals surface area (Å²) in [6.45, 7) is 0. The van der Waals surface area contributed by atoms with Crippen LogP contribution in [0.15, 0.2) is 284 Å². The van der Waals surface area contributed by atoms with Crippen molar-refractivity contribution in [3.8, 4) is 44.8 Å². The lowest BCUT2D eigenvalue weighted by atomic mass is 9.97. The largest absolute Gasteiger partial charge is 0.309 e. The first kappa shape index (κ1) is 44.7. The van der Waals surface area contributed by atoms with Crippen LogP contribution in [-0.2, 0) is 0 Å². The quantitative estimate of drug-likeness (QED) is 0.0955. The van der Waals surface area contributed by atoms with Gasteiger partial charge in [0, 0.05) is 32.9 Å². The van der Waals surface area contributed by atoms with E-state index in [9.17, 15) is 0 Å². The van der Waals surface area contributed by atoms with Crippen LogP contribution in [0.25, 0.3) is 93.9 Å². The van der Waals surface area contributed by atoms with Crippen molar-refractivity contribution < 1.29 is 0 Å². The average molecular weight is 975 g/mol. The zero-order chi connectivity index (χ0) is 49.7. The van der Waals surface area contributed by atoms with Gasteiger partial charge >= 0.3 is 0 Å². The first-order chi connectivity index (χ1) is 37.2.